The number of allylic oxidation sites excluding steroid dienone is 1. The second kappa shape index (κ2) is 13.9. The van der Waals surface area contributed by atoms with Gasteiger partial charge in [0, 0.05) is 73.9 Å². The van der Waals surface area contributed by atoms with Crippen LogP contribution in [-0.2, 0) is 22.5 Å². The van der Waals surface area contributed by atoms with Crippen LogP contribution in [0.4, 0.5) is 5.69 Å². The lowest BCUT2D eigenvalue weighted by molar-refractivity contribution is -0.111. The number of morpholine rings is 1. The minimum absolute atomic E-state index is 0.225. The van der Waals surface area contributed by atoms with Crippen LogP contribution in [0.25, 0.3) is 11.6 Å². The molecular formula is C30H33N5O2. The van der Waals surface area contributed by atoms with E-state index in [-0.39, 0.29) is 5.91 Å². The zero-order valence-corrected chi connectivity index (χ0v) is 20.9. The van der Waals surface area contributed by atoms with Crippen molar-refractivity contribution in [3.63, 3.8) is 0 Å². The zero-order chi connectivity index (χ0) is 25.7. The highest BCUT2D eigenvalue weighted by Crippen LogP contribution is 2.18. The highest BCUT2D eigenvalue weighted by atomic mass is 16.5. The number of rotatable bonds is 11. The van der Waals surface area contributed by atoms with Gasteiger partial charge >= 0.3 is 0 Å². The lowest BCUT2D eigenvalue weighted by atomic mass is 10.0. The molecule has 1 aliphatic heterocycles. The average Bonchev–Trinajstić information content (AvgIpc) is 2.94. The van der Waals surface area contributed by atoms with E-state index in [1.165, 1.54) is 23.4 Å². The largest absolute Gasteiger partial charge is 0.390 e. The normalized spacial score (nSPS) is 14.4. The summed E-state index contributed by atoms with van der Waals surface area (Å²) in [6.45, 7) is 5.08. The van der Waals surface area contributed by atoms with Crippen LogP contribution in [0, 0.1) is 5.41 Å². The summed E-state index contributed by atoms with van der Waals surface area (Å²) in [5.74, 6) is -0.225. The molecule has 1 aliphatic rings. The molecule has 37 heavy (non-hydrogen) atoms. The number of carbonyl (C=O) groups is 1. The number of nitrogens with one attached hydrogen (secondary N) is 3. The zero-order valence-electron chi connectivity index (χ0n) is 20.9. The van der Waals surface area contributed by atoms with Crippen molar-refractivity contribution in [1.29, 1.82) is 5.41 Å². The second-order valence-electron chi connectivity index (χ2n) is 8.80. The lowest BCUT2D eigenvalue weighted by Gasteiger charge is -2.26. The van der Waals surface area contributed by atoms with Gasteiger partial charge < -0.3 is 20.8 Å². The van der Waals surface area contributed by atoms with Crippen molar-refractivity contribution < 1.29 is 9.53 Å². The summed E-state index contributed by atoms with van der Waals surface area (Å²) in [5.41, 5.74) is 5.51. The maximum Gasteiger partial charge on any atom is 0.248 e. The van der Waals surface area contributed by atoms with Crippen LogP contribution in [0.3, 0.4) is 0 Å². The topological polar surface area (TPSA) is 90.3 Å². The average molecular weight is 496 g/mol. The van der Waals surface area contributed by atoms with Gasteiger partial charge in [-0.3, -0.25) is 14.7 Å². The van der Waals surface area contributed by atoms with E-state index in [1.54, 1.807) is 18.5 Å². The van der Waals surface area contributed by atoms with Crippen molar-refractivity contribution in [3.05, 3.63) is 108 Å². The summed E-state index contributed by atoms with van der Waals surface area (Å²) in [6, 6.07) is 20.0. The van der Waals surface area contributed by atoms with Crippen LogP contribution < -0.4 is 10.6 Å². The van der Waals surface area contributed by atoms with Gasteiger partial charge in [-0.25, -0.2) is 0 Å². The van der Waals surface area contributed by atoms with Crippen molar-refractivity contribution in [1.82, 2.24) is 15.2 Å². The molecule has 190 valence electrons. The molecule has 3 aromatic rings. The summed E-state index contributed by atoms with van der Waals surface area (Å²) >= 11 is 0. The molecule has 0 aliphatic carbocycles. The number of aromatic nitrogens is 1. The predicted molar refractivity (Wildman–Crippen MR) is 149 cm³/mol. The van der Waals surface area contributed by atoms with Crippen LogP contribution >= 0.6 is 0 Å². The molecule has 7 nitrogen and oxygen atoms in total. The molecule has 0 saturated carbocycles. The van der Waals surface area contributed by atoms with Gasteiger partial charge in [0.1, 0.15) is 0 Å². The predicted octanol–water partition coefficient (Wildman–Crippen LogP) is 4.39. The minimum atomic E-state index is -0.225. The molecule has 1 aromatic heterocycles. The van der Waals surface area contributed by atoms with Gasteiger partial charge in [0.05, 0.1) is 13.2 Å². The van der Waals surface area contributed by atoms with E-state index in [2.05, 4.69) is 32.7 Å². The fourth-order valence-electron chi connectivity index (χ4n) is 4.10. The number of anilines is 1. The molecule has 0 bridgehead atoms. The number of amides is 1. The first-order valence-electron chi connectivity index (χ1n) is 12.5. The Morgan fingerprint density at radius 3 is 2.57 bits per heavy atom. The third-order valence-corrected chi connectivity index (χ3v) is 6.12. The molecule has 1 fully saturated rings. The Morgan fingerprint density at radius 2 is 1.81 bits per heavy atom. The third kappa shape index (κ3) is 8.24. The number of nitrogens with zero attached hydrogens (tertiary/aromatic N) is 2. The van der Waals surface area contributed by atoms with E-state index in [9.17, 15) is 4.79 Å². The molecule has 2 heterocycles. The van der Waals surface area contributed by atoms with Gasteiger partial charge in [-0.1, -0.05) is 42.5 Å². The SMILES string of the molecule is N=C/C(=C\NCCc1ccccc1)c1ccncc1/C=C/C(=O)Nc1ccc(CN2CCOCC2)cc1. The fraction of sp³-hybridized carbons (Fsp3) is 0.233. The maximum absolute atomic E-state index is 12.6. The second-order valence-corrected chi connectivity index (χ2v) is 8.80. The van der Waals surface area contributed by atoms with Crippen LogP contribution in [0.15, 0.2) is 85.3 Å². The van der Waals surface area contributed by atoms with E-state index >= 15 is 0 Å². The number of hydrogen-bond donors (Lipinski definition) is 3. The Hall–Kier alpha value is -4.07. The number of hydrogen-bond acceptors (Lipinski definition) is 6. The van der Waals surface area contributed by atoms with Crippen LogP contribution in [0.1, 0.15) is 22.3 Å². The Bertz CT molecular complexity index is 1220. The van der Waals surface area contributed by atoms with Crippen molar-refractivity contribution in [2.75, 3.05) is 38.2 Å². The summed E-state index contributed by atoms with van der Waals surface area (Å²) in [6.07, 6.45) is 10.6. The summed E-state index contributed by atoms with van der Waals surface area (Å²) in [5, 5.41) is 14.1. The van der Waals surface area contributed by atoms with E-state index in [0.717, 1.165) is 62.6 Å². The van der Waals surface area contributed by atoms with Crippen molar-refractivity contribution in [2.45, 2.75) is 13.0 Å². The van der Waals surface area contributed by atoms with Crippen molar-refractivity contribution in [3.8, 4) is 0 Å². The fourth-order valence-corrected chi connectivity index (χ4v) is 4.10. The molecule has 0 radical (unpaired) electrons. The molecule has 3 N–H and O–H groups in total. The summed E-state index contributed by atoms with van der Waals surface area (Å²) in [7, 11) is 0. The Morgan fingerprint density at radius 1 is 1.03 bits per heavy atom. The minimum Gasteiger partial charge on any atom is -0.390 e. The van der Waals surface area contributed by atoms with Gasteiger partial charge in [0.15, 0.2) is 0 Å². The number of pyridine rings is 1. The van der Waals surface area contributed by atoms with E-state index in [4.69, 9.17) is 10.1 Å². The highest BCUT2D eigenvalue weighted by molar-refractivity contribution is 6.10. The molecule has 7 heteroatoms. The molecular weight excluding hydrogens is 462 g/mol. The highest BCUT2D eigenvalue weighted by Gasteiger charge is 2.10. The van der Waals surface area contributed by atoms with Gasteiger partial charge in [-0.2, -0.15) is 0 Å². The van der Waals surface area contributed by atoms with E-state index in [1.807, 2.05) is 54.7 Å². The van der Waals surface area contributed by atoms with Gasteiger partial charge in [0.25, 0.3) is 0 Å². The van der Waals surface area contributed by atoms with Crippen molar-refractivity contribution >= 4 is 29.5 Å². The number of ether oxygens (including phenoxy) is 1. The third-order valence-electron chi connectivity index (χ3n) is 6.12. The van der Waals surface area contributed by atoms with Gasteiger partial charge in [0.2, 0.25) is 5.91 Å². The Kier molecular flexibility index (Phi) is 9.75. The standard InChI is InChI=1S/C30H33N5O2/c31-20-27(22-32-14-12-24-4-2-1-3-5-24)29-13-15-33-21-26(29)8-11-30(36)34-28-9-6-25(7-10-28)23-35-16-18-37-19-17-35/h1-11,13,15,20-22,31-32H,12,14,16-19,23H2,(H,34,36)/b11-8+,27-22+,31-20?. The Balaban J connectivity index is 1.33. The summed E-state index contributed by atoms with van der Waals surface area (Å²) < 4.78 is 5.40. The van der Waals surface area contributed by atoms with Crippen molar-refractivity contribution in [2.24, 2.45) is 0 Å². The Labute approximate surface area is 218 Å². The smallest absolute Gasteiger partial charge is 0.248 e. The van der Waals surface area contributed by atoms with Crippen LogP contribution in [-0.4, -0.2) is 54.9 Å². The molecule has 4 rings (SSSR count). The maximum atomic E-state index is 12.6. The van der Waals surface area contributed by atoms with E-state index < -0.39 is 0 Å². The molecule has 0 atom stereocenters. The van der Waals surface area contributed by atoms with Gasteiger partial charge in [-0.15, -0.1) is 0 Å². The lowest BCUT2D eigenvalue weighted by Crippen LogP contribution is -2.35. The van der Waals surface area contributed by atoms with E-state index in [0.29, 0.717) is 5.57 Å². The molecule has 0 unspecified atom stereocenters. The quantitative estimate of drug-likeness (QED) is 0.209. The molecule has 1 saturated heterocycles. The van der Waals surface area contributed by atoms with Crippen LogP contribution in [0.5, 0.6) is 0 Å². The monoisotopic (exact) mass is 495 g/mol. The summed E-state index contributed by atoms with van der Waals surface area (Å²) in [4.78, 5) is 19.1. The first-order valence-corrected chi connectivity index (χ1v) is 12.5. The number of carbonyl (C=O) groups excluding carboxylic acids is 1. The first-order chi connectivity index (χ1) is 18.2. The first kappa shape index (κ1) is 26.0. The van der Waals surface area contributed by atoms with Gasteiger partial charge in [-0.05, 0) is 47.4 Å². The molecule has 1 amide bonds. The molecule has 0 spiro atoms. The number of benzene rings is 2. The molecule has 2 aromatic carbocycles. The van der Waals surface area contributed by atoms with Crippen LogP contribution in [0.2, 0.25) is 0 Å².